The van der Waals surface area contributed by atoms with Gasteiger partial charge in [-0.3, -0.25) is 0 Å². The Kier molecular flexibility index (Phi) is 25.9. The maximum atomic E-state index is 11.8. The number of carbonyl (C=O) groups excluding carboxylic acids is 1. The van der Waals surface area contributed by atoms with Crippen molar-refractivity contribution in [1.82, 2.24) is 4.90 Å². The summed E-state index contributed by atoms with van der Waals surface area (Å²) in [5.41, 5.74) is -0.499. The Morgan fingerprint density at radius 1 is 0.541 bits per heavy atom. The maximum absolute atomic E-state index is 11.8. The molecule has 0 fully saturated rings. The molecule has 37 heavy (non-hydrogen) atoms. The smallest absolute Gasteiger partial charge is 0.410 e. The third-order valence-electron chi connectivity index (χ3n) is 4.90. The maximum Gasteiger partial charge on any atom is 0.410 e. The minimum Gasteiger partial charge on any atom is -0.444 e. The number of rotatable bonds is 27. The van der Waals surface area contributed by atoms with Gasteiger partial charge in [-0.05, 0) is 27.2 Å². The second kappa shape index (κ2) is 26.6. The van der Waals surface area contributed by atoms with E-state index in [1.807, 2.05) is 20.8 Å². The minimum absolute atomic E-state index is 0.355. The average molecular weight is 538 g/mol. The van der Waals surface area contributed by atoms with Gasteiger partial charge >= 0.3 is 6.09 Å². The van der Waals surface area contributed by atoms with E-state index in [9.17, 15) is 4.79 Å². The lowest BCUT2D eigenvalue weighted by Crippen LogP contribution is -2.36. The second-order valence-corrected chi connectivity index (χ2v) is 9.60. The van der Waals surface area contributed by atoms with Crippen molar-refractivity contribution < 1.29 is 42.7 Å². The Balaban J connectivity index is 3.17. The highest BCUT2D eigenvalue weighted by Crippen LogP contribution is 2.08. The summed E-state index contributed by atoms with van der Waals surface area (Å²) >= 11 is 0. The normalized spacial score (nSPS) is 11.7. The van der Waals surface area contributed by atoms with Crippen molar-refractivity contribution in [2.45, 2.75) is 65.4 Å². The first-order valence-corrected chi connectivity index (χ1v) is 13.8. The molecular weight excluding hydrogens is 482 g/mol. The highest BCUT2D eigenvalue weighted by Gasteiger charge is 2.19. The molecule has 0 aliphatic rings. The molecular formula is C27H55NO9. The molecule has 0 heterocycles. The number of likely N-dealkylation sites (N-methyl/N-ethyl adjacent to an activating group) is 1. The fraction of sp³-hybridized carbons (Fsp3) is 0.963. The molecule has 1 amide bonds. The van der Waals surface area contributed by atoms with Crippen LogP contribution in [0.1, 0.15) is 59.8 Å². The van der Waals surface area contributed by atoms with Crippen molar-refractivity contribution in [2.24, 2.45) is 0 Å². The zero-order chi connectivity index (χ0) is 27.5. The number of carbonyl (C=O) groups is 1. The molecule has 0 unspecified atom stereocenters. The van der Waals surface area contributed by atoms with Gasteiger partial charge in [0.15, 0.2) is 0 Å². The zero-order valence-electron chi connectivity index (χ0n) is 24.3. The van der Waals surface area contributed by atoms with Gasteiger partial charge in [0.1, 0.15) is 5.60 Å². The van der Waals surface area contributed by atoms with Crippen LogP contribution in [0, 0.1) is 0 Å². The predicted molar refractivity (Wildman–Crippen MR) is 143 cm³/mol. The van der Waals surface area contributed by atoms with Gasteiger partial charge < -0.3 is 42.8 Å². The lowest BCUT2D eigenvalue weighted by atomic mass is 10.2. The SMILES string of the molecule is CCCCCCCOCCOCCOCCOCCOCCOCCOCCN(C)C(=O)OC(C)(C)C. The van der Waals surface area contributed by atoms with Crippen molar-refractivity contribution >= 4 is 6.09 Å². The van der Waals surface area contributed by atoms with Crippen molar-refractivity contribution in [3.05, 3.63) is 0 Å². The summed E-state index contributed by atoms with van der Waals surface area (Å²) in [6, 6.07) is 0. The van der Waals surface area contributed by atoms with Crippen LogP contribution in [0.2, 0.25) is 0 Å². The molecule has 10 heteroatoms. The summed E-state index contributed by atoms with van der Waals surface area (Å²) < 4.78 is 43.6. The zero-order valence-corrected chi connectivity index (χ0v) is 24.3. The Labute approximate surface area is 225 Å². The predicted octanol–water partition coefficient (Wildman–Crippen LogP) is 3.94. The van der Waals surface area contributed by atoms with Gasteiger partial charge in [-0.15, -0.1) is 0 Å². The molecule has 0 aliphatic heterocycles. The standard InChI is InChI=1S/C27H55NO9/c1-6-7-8-9-10-12-30-14-16-32-18-20-34-22-24-36-25-23-35-21-19-33-17-15-31-13-11-28(5)26(29)37-27(2,3)4/h6-25H2,1-5H3. The van der Waals surface area contributed by atoms with Crippen LogP contribution in [0.3, 0.4) is 0 Å². The Hall–Kier alpha value is -1.01. The molecule has 0 bridgehead atoms. The second-order valence-electron chi connectivity index (χ2n) is 9.60. The molecule has 0 aromatic heterocycles. The van der Waals surface area contributed by atoms with E-state index in [-0.39, 0.29) is 6.09 Å². The molecule has 0 radical (unpaired) electrons. The molecule has 0 aromatic carbocycles. The highest BCUT2D eigenvalue weighted by atomic mass is 16.6. The molecule has 10 nitrogen and oxygen atoms in total. The van der Waals surface area contributed by atoms with E-state index in [0.717, 1.165) is 13.0 Å². The van der Waals surface area contributed by atoms with Gasteiger partial charge in [0.25, 0.3) is 0 Å². The number of nitrogens with zero attached hydrogens (tertiary/aromatic N) is 1. The Morgan fingerprint density at radius 3 is 1.27 bits per heavy atom. The van der Waals surface area contributed by atoms with Gasteiger partial charge in [0, 0.05) is 20.2 Å². The van der Waals surface area contributed by atoms with Crippen molar-refractivity contribution in [3.8, 4) is 0 Å². The topological polar surface area (TPSA) is 94.2 Å². The lowest BCUT2D eigenvalue weighted by molar-refractivity contribution is -0.0213. The Morgan fingerprint density at radius 2 is 0.892 bits per heavy atom. The Bertz CT molecular complexity index is 489. The minimum atomic E-state index is -0.499. The van der Waals surface area contributed by atoms with Crippen LogP contribution in [-0.2, 0) is 37.9 Å². The fourth-order valence-corrected chi connectivity index (χ4v) is 2.86. The van der Waals surface area contributed by atoms with Gasteiger partial charge in [-0.1, -0.05) is 32.6 Å². The summed E-state index contributed by atoms with van der Waals surface area (Å²) in [7, 11) is 1.69. The van der Waals surface area contributed by atoms with Crippen LogP contribution in [-0.4, -0.2) is 123 Å². The van der Waals surface area contributed by atoms with E-state index >= 15 is 0 Å². The van der Waals surface area contributed by atoms with Crippen LogP contribution in [0.25, 0.3) is 0 Å². The first kappa shape index (κ1) is 36.0. The molecule has 0 atom stereocenters. The van der Waals surface area contributed by atoms with Gasteiger partial charge in [-0.25, -0.2) is 4.79 Å². The van der Waals surface area contributed by atoms with E-state index in [2.05, 4.69) is 6.92 Å². The number of amides is 1. The quantitative estimate of drug-likeness (QED) is 0.144. The van der Waals surface area contributed by atoms with Crippen LogP contribution in [0.4, 0.5) is 4.79 Å². The summed E-state index contributed by atoms with van der Waals surface area (Å²) in [4.78, 5) is 13.3. The number of ether oxygens (including phenoxy) is 8. The first-order chi connectivity index (χ1) is 17.9. The molecule has 0 N–H and O–H groups in total. The molecule has 0 aliphatic carbocycles. The van der Waals surface area contributed by atoms with E-state index in [1.165, 1.54) is 30.6 Å². The average Bonchev–Trinajstić information content (AvgIpc) is 2.85. The molecule has 0 aromatic rings. The number of hydrogen-bond acceptors (Lipinski definition) is 9. The van der Waals surface area contributed by atoms with Gasteiger partial charge in [0.2, 0.25) is 0 Å². The van der Waals surface area contributed by atoms with Crippen LogP contribution in [0.5, 0.6) is 0 Å². The monoisotopic (exact) mass is 537 g/mol. The van der Waals surface area contributed by atoms with E-state index in [1.54, 1.807) is 7.05 Å². The largest absolute Gasteiger partial charge is 0.444 e. The fourth-order valence-electron chi connectivity index (χ4n) is 2.86. The van der Waals surface area contributed by atoms with Gasteiger partial charge in [-0.2, -0.15) is 0 Å². The summed E-state index contributed by atoms with van der Waals surface area (Å²) in [6.45, 7) is 15.9. The molecule has 0 saturated heterocycles. The lowest BCUT2D eigenvalue weighted by Gasteiger charge is -2.24. The third kappa shape index (κ3) is 29.4. The molecule has 0 saturated carbocycles. The first-order valence-electron chi connectivity index (χ1n) is 13.8. The van der Waals surface area contributed by atoms with Crippen LogP contribution >= 0.6 is 0 Å². The van der Waals surface area contributed by atoms with Crippen molar-refractivity contribution in [1.29, 1.82) is 0 Å². The van der Waals surface area contributed by atoms with Crippen LogP contribution < -0.4 is 0 Å². The van der Waals surface area contributed by atoms with E-state index in [4.69, 9.17) is 37.9 Å². The van der Waals surface area contributed by atoms with Crippen molar-refractivity contribution in [2.75, 3.05) is 106 Å². The van der Waals surface area contributed by atoms with E-state index < -0.39 is 5.60 Å². The molecule has 0 spiro atoms. The molecule has 0 rings (SSSR count). The molecule has 222 valence electrons. The van der Waals surface area contributed by atoms with Crippen molar-refractivity contribution in [3.63, 3.8) is 0 Å². The summed E-state index contributed by atoms with van der Waals surface area (Å²) in [5.74, 6) is 0. The highest BCUT2D eigenvalue weighted by molar-refractivity contribution is 5.67. The number of hydrogen-bond donors (Lipinski definition) is 0. The van der Waals surface area contributed by atoms with Crippen LogP contribution in [0.15, 0.2) is 0 Å². The van der Waals surface area contributed by atoms with E-state index in [0.29, 0.717) is 92.4 Å². The summed E-state index contributed by atoms with van der Waals surface area (Å²) in [5, 5.41) is 0. The summed E-state index contributed by atoms with van der Waals surface area (Å²) in [6.07, 6.45) is 5.92. The number of unbranched alkanes of at least 4 members (excludes halogenated alkanes) is 4. The van der Waals surface area contributed by atoms with Gasteiger partial charge in [0.05, 0.1) is 85.9 Å². The third-order valence-corrected chi connectivity index (χ3v) is 4.90.